The highest BCUT2D eigenvalue weighted by Gasteiger charge is 2.17. The Morgan fingerprint density at radius 3 is 2.90 bits per heavy atom. The fourth-order valence-electron chi connectivity index (χ4n) is 1.87. The average Bonchev–Trinajstić information content (AvgIpc) is 2.91. The van der Waals surface area contributed by atoms with Crippen molar-refractivity contribution in [2.75, 3.05) is 5.32 Å². The Kier molecular flexibility index (Phi) is 4.53. The van der Waals surface area contributed by atoms with Crippen molar-refractivity contribution in [3.05, 3.63) is 48.5 Å². The lowest BCUT2D eigenvalue weighted by Crippen LogP contribution is -2.39. The van der Waals surface area contributed by atoms with E-state index in [0.29, 0.717) is 0 Å². The van der Waals surface area contributed by atoms with Gasteiger partial charge in [0.25, 0.3) is 0 Å². The van der Waals surface area contributed by atoms with E-state index in [1.54, 1.807) is 12.5 Å². The molecule has 0 spiro atoms. The summed E-state index contributed by atoms with van der Waals surface area (Å²) in [5, 5.41) is 2.85. The molecule has 1 heterocycles. The molecule has 2 aromatic rings. The lowest BCUT2D eigenvalue weighted by molar-refractivity contribution is -0.118. The van der Waals surface area contributed by atoms with Crippen LogP contribution in [-0.4, -0.2) is 21.5 Å². The first-order valence-electron chi connectivity index (χ1n) is 6.67. The van der Waals surface area contributed by atoms with Crippen molar-refractivity contribution in [1.29, 1.82) is 0 Å². The smallest absolute Gasteiger partial charge is 0.241 e. The number of imidazole rings is 1. The summed E-state index contributed by atoms with van der Waals surface area (Å²) in [7, 11) is 0. The van der Waals surface area contributed by atoms with E-state index >= 15 is 0 Å². The van der Waals surface area contributed by atoms with Crippen molar-refractivity contribution in [1.82, 2.24) is 9.55 Å². The number of aromatic nitrogens is 2. The molecule has 0 saturated carbocycles. The number of amides is 1. The Balaban J connectivity index is 2.04. The zero-order chi connectivity index (χ0) is 14.5. The third kappa shape index (κ3) is 3.68. The Morgan fingerprint density at radius 1 is 1.45 bits per heavy atom. The van der Waals surface area contributed by atoms with Gasteiger partial charge in [-0.2, -0.15) is 0 Å². The van der Waals surface area contributed by atoms with Crippen molar-refractivity contribution >= 4 is 11.6 Å². The predicted octanol–water partition coefficient (Wildman–Crippen LogP) is 1.85. The van der Waals surface area contributed by atoms with Gasteiger partial charge in [0, 0.05) is 24.6 Å². The Hall–Kier alpha value is -2.14. The first kappa shape index (κ1) is 14.3. The van der Waals surface area contributed by atoms with E-state index in [2.05, 4.69) is 10.3 Å². The molecule has 0 aliphatic carbocycles. The molecule has 20 heavy (non-hydrogen) atoms. The van der Waals surface area contributed by atoms with Gasteiger partial charge in [-0.05, 0) is 23.6 Å². The Bertz CT molecular complexity index is 563. The number of carbonyl (C=O) groups is 1. The summed E-state index contributed by atoms with van der Waals surface area (Å²) < 4.78 is 1.97. The third-order valence-corrected chi connectivity index (χ3v) is 3.14. The van der Waals surface area contributed by atoms with Gasteiger partial charge in [0.05, 0.1) is 12.4 Å². The molecule has 1 aromatic heterocycles. The quantitative estimate of drug-likeness (QED) is 0.872. The zero-order valence-electron chi connectivity index (χ0n) is 11.8. The second kappa shape index (κ2) is 6.34. The highest BCUT2D eigenvalue weighted by molar-refractivity contribution is 5.94. The number of rotatable bonds is 5. The number of hydrogen-bond donors (Lipinski definition) is 2. The van der Waals surface area contributed by atoms with Crippen LogP contribution in [0.25, 0.3) is 0 Å². The summed E-state index contributed by atoms with van der Waals surface area (Å²) >= 11 is 0. The summed E-state index contributed by atoms with van der Waals surface area (Å²) in [6.45, 7) is 4.58. The second-order valence-electron chi connectivity index (χ2n) is 5.19. The van der Waals surface area contributed by atoms with Gasteiger partial charge in [0.15, 0.2) is 0 Å². The molecule has 0 saturated heterocycles. The molecule has 1 atom stereocenters. The van der Waals surface area contributed by atoms with Crippen molar-refractivity contribution in [2.45, 2.75) is 26.4 Å². The summed E-state index contributed by atoms with van der Waals surface area (Å²) in [4.78, 5) is 15.9. The van der Waals surface area contributed by atoms with Crippen LogP contribution in [-0.2, 0) is 11.3 Å². The van der Waals surface area contributed by atoms with Gasteiger partial charge in [-0.1, -0.05) is 26.0 Å². The third-order valence-electron chi connectivity index (χ3n) is 3.14. The molecule has 3 N–H and O–H groups in total. The van der Waals surface area contributed by atoms with Crippen molar-refractivity contribution in [2.24, 2.45) is 11.7 Å². The van der Waals surface area contributed by atoms with Gasteiger partial charge in [-0.15, -0.1) is 0 Å². The van der Waals surface area contributed by atoms with Crippen molar-refractivity contribution < 1.29 is 4.79 Å². The van der Waals surface area contributed by atoms with E-state index in [9.17, 15) is 4.79 Å². The molecule has 0 radical (unpaired) electrons. The number of nitrogens with one attached hydrogen (secondary N) is 1. The van der Waals surface area contributed by atoms with E-state index in [-0.39, 0.29) is 11.8 Å². The first-order chi connectivity index (χ1) is 9.56. The highest BCUT2D eigenvalue weighted by atomic mass is 16.2. The summed E-state index contributed by atoms with van der Waals surface area (Å²) in [5.41, 5.74) is 7.69. The van der Waals surface area contributed by atoms with E-state index in [4.69, 9.17) is 5.73 Å². The number of hydrogen-bond acceptors (Lipinski definition) is 3. The van der Waals surface area contributed by atoms with E-state index in [0.717, 1.165) is 17.8 Å². The molecule has 5 nitrogen and oxygen atoms in total. The number of nitrogens with zero attached hydrogens (tertiary/aromatic N) is 2. The average molecular weight is 272 g/mol. The van der Waals surface area contributed by atoms with Gasteiger partial charge >= 0.3 is 0 Å². The molecule has 5 heteroatoms. The fourth-order valence-corrected chi connectivity index (χ4v) is 1.87. The van der Waals surface area contributed by atoms with Gasteiger partial charge < -0.3 is 15.6 Å². The summed E-state index contributed by atoms with van der Waals surface area (Å²) in [5.74, 6) is -0.0380. The predicted molar refractivity (Wildman–Crippen MR) is 79.2 cm³/mol. The largest absolute Gasteiger partial charge is 0.333 e. The number of benzene rings is 1. The fraction of sp³-hybridized carbons (Fsp3) is 0.333. The minimum absolute atomic E-state index is 0.115. The highest BCUT2D eigenvalue weighted by Crippen LogP contribution is 2.13. The summed E-state index contributed by atoms with van der Waals surface area (Å²) in [6.07, 6.45) is 5.41. The molecule has 0 unspecified atom stereocenters. The maximum Gasteiger partial charge on any atom is 0.241 e. The van der Waals surface area contributed by atoms with E-state index < -0.39 is 6.04 Å². The second-order valence-corrected chi connectivity index (χ2v) is 5.19. The lowest BCUT2D eigenvalue weighted by Gasteiger charge is -2.15. The molecule has 2 rings (SSSR count). The summed E-state index contributed by atoms with van der Waals surface area (Å²) in [6, 6.07) is 7.25. The van der Waals surface area contributed by atoms with Crippen LogP contribution < -0.4 is 11.1 Å². The van der Waals surface area contributed by atoms with Crippen LogP contribution in [0.5, 0.6) is 0 Å². The Labute approximate surface area is 118 Å². The number of nitrogens with two attached hydrogens (primary N) is 1. The number of anilines is 1. The van der Waals surface area contributed by atoms with Crippen LogP contribution in [0.1, 0.15) is 19.4 Å². The van der Waals surface area contributed by atoms with Crippen molar-refractivity contribution in [3.8, 4) is 0 Å². The molecule has 1 amide bonds. The van der Waals surface area contributed by atoms with E-state index in [1.807, 2.05) is 48.9 Å². The van der Waals surface area contributed by atoms with Crippen LogP contribution in [0.3, 0.4) is 0 Å². The molecule has 106 valence electrons. The van der Waals surface area contributed by atoms with Crippen LogP contribution in [0.15, 0.2) is 43.0 Å². The van der Waals surface area contributed by atoms with E-state index in [1.165, 1.54) is 0 Å². The molecule has 0 bridgehead atoms. The number of carbonyl (C=O) groups excluding carboxylic acids is 1. The van der Waals surface area contributed by atoms with Gasteiger partial charge in [0.1, 0.15) is 0 Å². The first-order valence-corrected chi connectivity index (χ1v) is 6.67. The maximum atomic E-state index is 11.9. The lowest BCUT2D eigenvalue weighted by atomic mass is 10.0. The molecule has 0 fully saturated rings. The van der Waals surface area contributed by atoms with Gasteiger partial charge in [0.2, 0.25) is 5.91 Å². The molecular weight excluding hydrogens is 252 g/mol. The molecule has 1 aromatic carbocycles. The van der Waals surface area contributed by atoms with Crippen LogP contribution >= 0.6 is 0 Å². The standard InChI is InChI=1S/C15H20N4O/c1-11(2)14(16)15(20)18-13-5-3-4-12(8-13)9-19-7-6-17-10-19/h3-8,10-11,14H,9,16H2,1-2H3,(H,18,20)/t14-/m1/s1. The zero-order valence-corrected chi connectivity index (χ0v) is 11.8. The minimum atomic E-state index is -0.493. The normalized spacial score (nSPS) is 12.4. The molecule has 0 aliphatic rings. The maximum absolute atomic E-state index is 11.9. The Morgan fingerprint density at radius 2 is 2.25 bits per heavy atom. The van der Waals surface area contributed by atoms with Crippen molar-refractivity contribution in [3.63, 3.8) is 0 Å². The topological polar surface area (TPSA) is 72.9 Å². The van der Waals surface area contributed by atoms with Crippen LogP contribution in [0, 0.1) is 5.92 Å². The molecule has 0 aliphatic heterocycles. The minimum Gasteiger partial charge on any atom is -0.333 e. The SMILES string of the molecule is CC(C)[C@@H](N)C(=O)Nc1cccc(Cn2ccnc2)c1. The molecular formula is C15H20N4O. The van der Waals surface area contributed by atoms with Gasteiger partial charge in [-0.3, -0.25) is 4.79 Å². The monoisotopic (exact) mass is 272 g/mol. The van der Waals surface area contributed by atoms with Crippen LogP contribution in [0.2, 0.25) is 0 Å². The van der Waals surface area contributed by atoms with Crippen LogP contribution in [0.4, 0.5) is 5.69 Å². The van der Waals surface area contributed by atoms with Gasteiger partial charge in [-0.25, -0.2) is 4.98 Å².